The van der Waals surface area contributed by atoms with Gasteiger partial charge in [0, 0.05) is 36.7 Å². The van der Waals surface area contributed by atoms with Crippen molar-refractivity contribution in [1.82, 2.24) is 9.88 Å². The van der Waals surface area contributed by atoms with E-state index in [1.165, 1.54) is 11.1 Å². The Bertz CT molecular complexity index is 1070. The molecule has 32 heavy (non-hydrogen) atoms. The van der Waals surface area contributed by atoms with Crippen molar-refractivity contribution in [1.29, 1.82) is 0 Å². The molecule has 0 saturated heterocycles. The highest BCUT2D eigenvalue weighted by Crippen LogP contribution is 2.28. The first kappa shape index (κ1) is 28.3. The zero-order chi connectivity index (χ0) is 21.7. The number of rotatable bonds is 8. The lowest BCUT2D eigenvalue weighted by atomic mass is 10.0. The van der Waals surface area contributed by atoms with Gasteiger partial charge < -0.3 is 9.45 Å². The average molecular weight is 514 g/mol. The fourth-order valence-corrected chi connectivity index (χ4v) is 4.32. The quantitative estimate of drug-likeness (QED) is 0.215. The molecule has 1 unspecified atom stereocenters. The fraction of sp³-hybridized carbons (Fsp3) is 0.304. The maximum absolute atomic E-state index is 10.8. The first-order valence-electron chi connectivity index (χ1n) is 9.80. The molecule has 9 heteroatoms. The van der Waals surface area contributed by atoms with Gasteiger partial charge in [0.2, 0.25) is 0 Å². The summed E-state index contributed by atoms with van der Waals surface area (Å²) in [7, 11) is 2.01. The largest absolute Gasteiger partial charge is 0.772 e. The summed E-state index contributed by atoms with van der Waals surface area (Å²) >= 11 is -0.427. The summed E-state index contributed by atoms with van der Waals surface area (Å²) < 4.78 is 21.7. The van der Waals surface area contributed by atoms with Crippen molar-refractivity contribution in [3.63, 3.8) is 0 Å². The number of nitrogens with zero attached hydrogens (tertiary/aromatic N) is 3. The molecule has 1 heterocycles. The number of aromatic nitrogens is 1. The Morgan fingerprint density at radius 2 is 1.84 bits per heavy atom. The van der Waals surface area contributed by atoms with Crippen LogP contribution in [0.3, 0.4) is 0 Å². The molecule has 0 radical (unpaired) electrons. The Hall–Kier alpha value is -1.77. The molecule has 5 nitrogen and oxygen atoms in total. The van der Waals surface area contributed by atoms with Gasteiger partial charge in [0.15, 0.2) is 0 Å². The highest BCUT2D eigenvalue weighted by molar-refractivity contribution is 7.78. The minimum absolute atomic E-state index is 0. The summed E-state index contributed by atoms with van der Waals surface area (Å²) in [6, 6.07) is 11.9. The van der Waals surface area contributed by atoms with Crippen LogP contribution in [0, 0.1) is 13.8 Å². The van der Waals surface area contributed by atoms with E-state index in [2.05, 4.69) is 43.3 Å². The second-order valence-electron chi connectivity index (χ2n) is 7.33. The van der Waals surface area contributed by atoms with E-state index in [1.54, 1.807) is 11.3 Å². The lowest BCUT2D eigenvalue weighted by Gasteiger charge is -2.11. The molecule has 0 N–H and O–H groups in total. The molecule has 0 aliphatic heterocycles. The van der Waals surface area contributed by atoms with Crippen molar-refractivity contribution in [2.24, 2.45) is 4.99 Å². The van der Waals surface area contributed by atoms with Gasteiger partial charge in [-0.05, 0) is 49.1 Å². The molecule has 1 atom stereocenters. The second kappa shape index (κ2) is 13.1. The van der Waals surface area contributed by atoms with Gasteiger partial charge in [-0.2, -0.15) is 0 Å². The molecule has 0 bridgehead atoms. The average Bonchev–Trinajstić information content (AvgIpc) is 3.17. The number of thiazole rings is 1. The van der Waals surface area contributed by atoms with Crippen molar-refractivity contribution >= 4 is 59.3 Å². The van der Waals surface area contributed by atoms with Crippen LogP contribution in [0.1, 0.15) is 34.2 Å². The minimum atomic E-state index is -2.07. The summed E-state index contributed by atoms with van der Waals surface area (Å²) in [4.78, 5) is 11.4. The zero-order valence-corrected chi connectivity index (χ0v) is 21.8. The van der Waals surface area contributed by atoms with Gasteiger partial charge >= 0.3 is 0 Å². The summed E-state index contributed by atoms with van der Waals surface area (Å²) in [6.45, 7) is 7.22. The van der Waals surface area contributed by atoms with E-state index < -0.39 is 11.1 Å². The number of benzene rings is 2. The Labute approximate surface area is 209 Å². The summed E-state index contributed by atoms with van der Waals surface area (Å²) in [5.41, 5.74) is 7.30. The summed E-state index contributed by atoms with van der Waals surface area (Å²) in [5.74, 6) is 0.0377. The second-order valence-corrected chi connectivity index (χ2v) is 9.17. The van der Waals surface area contributed by atoms with Gasteiger partial charge in [-0.25, -0.2) is 9.98 Å². The third-order valence-corrected chi connectivity index (χ3v) is 6.39. The lowest BCUT2D eigenvalue weighted by Crippen LogP contribution is -2.14. The van der Waals surface area contributed by atoms with Crippen molar-refractivity contribution in [3.05, 3.63) is 69.0 Å². The topological polar surface area (TPSA) is 68.6 Å². The van der Waals surface area contributed by atoms with Gasteiger partial charge in [0.05, 0.1) is 22.7 Å². The number of aryl methyl sites for hydroxylation is 2. The lowest BCUT2D eigenvalue weighted by molar-refractivity contribution is 0.536. The normalized spacial score (nSPS) is 11.7. The number of aliphatic imine (C=N–C) groups is 1. The van der Waals surface area contributed by atoms with Crippen LogP contribution < -0.4 is 0 Å². The molecule has 1 aromatic heterocycles. The van der Waals surface area contributed by atoms with E-state index in [9.17, 15) is 8.76 Å². The SMILES string of the molecule is CCN(C)C=Nc1cc(C)c(Cc2nc(-c3ccc(CS(=O)[O-])cc3)cs2)cc1C.Cl.Cl. The Morgan fingerprint density at radius 1 is 1.16 bits per heavy atom. The first-order chi connectivity index (χ1) is 14.4. The first-order valence-corrected chi connectivity index (χ1v) is 11.9. The molecule has 174 valence electrons. The zero-order valence-electron chi connectivity index (χ0n) is 18.5. The van der Waals surface area contributed by atoms with Crippen molar-refractivity contribution in [3.8, 4) is 11.3 Å². The van der Waals surface area contributed by atoms with Crippen LogP contribution in [-0.4, -0.2) is 38.6 Å². The standard InChI is InChI=1S/C23H27N3O2S2.2ClH/c1-5-26(4)15-24-21-11-16(2)20(10-17(21)3)12-23-25-22(13-29-23)19-8-6-18(7-9-19)14-30(27)28;;/h6-11,13,15H,5,12,14H2,1-4H3,(H,27,28);2*1H/p-1. The van der Waals surface area contributed by atoms with Gasteiger partial charge in [0.1, 0.15) is 0 Å². The third kappa shape index (κ3) is 7.67. The van der Waals surface area contributed by atoms with Gasteiger partial charge in [-0.3, -0.25) is 4.21 Å². The molecule has 0 amide bonds. The maximum Gasteiger partial charge on any atom is 0.0976 e. The molecule has 0 fully saturated rings. The highest BCUT2D eigenvalue weighted by atomic mass is 35.5. The van der Waals surface area contributed by atoms with Crippen LogP contribution in [0.15, 0.2) is 46.8 Å². The van der Waals surface area contributed by atoms with Crippen LogP contribution in [0.4, 0.5) is 5.69 Å². The Kier molecular flexibility index (Phi) is 11.5. The molecule has 3 aromatic rings. The molecule has 0 saturated carbocycles. The van der Waals surface area contributed by atoms with Crippen LogP contribution in [0.2, 0.25) is 0 Å². The number of halogens is 2. The summed E-state index contributed by atoms with van der Waals surface area (Å²) in [6.07, 6.45) is 2.65. The van der Waals surface area contributed by atoms with Crippen molar-refractivity contribution < 1.29 is 8.76 Å². The summed E-state index contributed by atoms with van der Waals surface area (Å²) in [5, 5.41) is 3.11. The van der Waals surface area contributed by atoms with Crippen LogP contribution in [0.5, 0.6) is 0 Å². The third-order valence-electron chi connectivity index (χ3n) is 4.97. The fourth-order valence-electron chi connectivity index (χ4n) is 3.03. The number of hydrogen-bond acceptors (Lipinski definition) is 5. The minimum Gasteiger partial charge on any atom is -0.772 e. The molecule has 0 aliphatic rings. The van der Waals surface area contributed by atoms with Crippen molar-refractivity contribution in [2.75, 3.05) is 13.6 Å². The van der Waals surface area contributed by atoms with E-state index in [4.69, 9.17) is 4.98 Å². The predicted octanol–water partition coefficient (Wildman–Crippen LogP) is 5.85. The van der Waals surface area contributed by atoms with E-state index in [1.807, 2.05) is 42.6 Å². The van der Waals surface area contributed by atoms with E-state index in [0.717, 1.165) is 46.0 Å². The molecule has 3 rings (SSSR count). The Morgan fingerprint density at radius 3 is 2.47 bits per heavy atom. The van der Waals surface area contributed by atoms with Crippen LogP contribution in [-0.2, 0) is 23.3 Å². The smallest absolute Gasteiger partial charge is 0.0976 e. The van der Waals surface area contributed by atoms with Gasteiger partial charge in [-0.15, -0.1) is 36.2 Å². The van der Waals surface area contributed by atoms with Gasteiger partial charge in [0.25, 0.3) is 0 Å². The van der Waals surface area contributed by atoms with E-state index in [0.29, 0.717) is 0 Å². The van der Waals surface area contributed by atoms with Crippen molar-refractivity contribution in [2.45, 2.75) is 32.9 Å². The predicted molar refractivity (Wildman–Crippen MR) is 140 cm³/mol. The van der Waals surface area contributed by atoms with Crippen LogP contribution >= 0.6 is 36.2 Å². The molecule has 0 aliphatic carbocycles. The van der Waals surface area contributed by atoms with Gasteiger partial charge in [-0.1, -0.05) is 41.4 Å². The molecule has 0 spiro atoms. The maximum atomic E-state index is 10.8. The van der Waals surface area contributed by atoms with E-state index in [-0.39, 0.29) is 30.6 Å². The molecular formula is C23H28Cl2N3O2S2-. The number of hydrogen-bond donors (Lipinski definition) is 0. The Balaban J connectivity index is 0.00000256. The van der Waals surface area contributed by atoms with E-state index >= 15 is 0 Å². The highest BCUT2D eigenvalue weighted by Gasteiger charge is 2.09. The molecular weight excluding hydrogens is 485 g/mol. The van der Waals surface area contributed by atoms with Crippen LogP contribution in [0.25, 0.3) is 11.3 Å². The molecule has 2 aromatic carbocycles. The monoisotopic (exact) mass is 512 g/mol.